The summed E-state index contributed by atoms with van der Waals surface area (Å²) in [6.45, 7) is 1.45. The van der Waals surface area contributed by atoms with E-state index in [1.807, 2.05) is 0 Å². The van der Waals surface area contributed by atoms with Crippen molar-refractivity contribution in [3.05, 3.63) is 0 Å². The Morgan fingerprint density at radius 2 is 1.80 bits per heavy atom. The van der Waals surface area contributed by atoms with Crippen molar-refractivity contribution in [3.8, 4) is 0 Å². The van der Waals surface area contributed by atoms with E-state index in [9.17, 15) is 13.2 Å². The Labute approximate surface area is 118 Å². The molecule has 0 amide bonds. The molecule has 0 radical (unpaired) electrons. The van der Waals surface area contributed by atoms with Crippen LogP contribution in [0.15, 0.2) is 0 Å². The molecule has 0 aromatic heterocycles. The maximum atomic E-state index is 12.7. The number of alkyl halides is 3. The van der Waals surface area contributed by atoms with Crippen molar-refractivity contribution in [2.75, 3.05) is 20.2 Å². The molecule has 20 heavy (non-hydrogen) atoms. The first-order chi connectivity index (χ1) is 9.45. The first-order valence-corrected chi connectivity index (χ1v) is 7.51. The van der Waals surface area contributed by atoms with Crippen LogP contribution in [-0.4, -0.2) is 49.5 Å². The molecule has 118 valence electrons. The van der Waals surface area contributed by atoms with Crippen molar-refractivity contribution >= 4 is 0 Å². The third-order valence-electron chi connectivity index (χ3n) is 4.95. The van der Waals surface area contributed by atoms with Gasteiger partial charge in [-0.15, -0.1) is 0 Å². The molecule has 3 nitrogen and oxygen atoms in total. The average Bonchev–Trinajstić information content (AvgIpc) is 2.45. The number of nitrogens with two attached hydrogens (primary N) is 1. The standard InChI is InChI=1S/C14H25F3N2O/c1-20-13-6-7-19(12(8-13)9-18)11-4-2-10(3-5-11)14(15,16)17/h10-13H,2-9,18H2,1H3. The molecule has 2 atom stereocenters. The van der Waals surface area contributed by atoms with E-state index < -0.39 is 12.1 Å². The zero-order valence-electron chi connectivity index (χ0n) is 12.0. The minimum atomic E-state index is -4.03. The number of nitrogens with zero attached hydrogens (tertiary/aromatic N) is 1. The third-order valence-corrected chi connectivity index (χ3v) is 4.95. The fourth-order valence-corrected chi connectivity index (χ4v) is 3.69. The van der Waals surface area contributed by atoms with Gasteiger partial charge in [0.05, 0.1) is 12.0 Å². The maximum Gasteiger partial charge on any atom is 0.391 e. The van der Waals surface area contributed by atoms with Crippen LogP contribution in [0, 0.1) is 5.92 Å². The Balaban J connectivity index is 1.89. The van der Waals surface area contributed by atoms with Crippen molar-refractivity contribution in [2.45, 2.75) is 62.9 Å². The number of rotatable bonds is 3. The number of hydrogen-bond donors (Lipinski definition) is 1. The molecule has 0 aromatic rings. The first kappa shape index (κ1) is 16.0. The van der Waals surface area contributed by atoms with Crippen LogP contribution in [0.2, 0.25) is 0 Å². The van der Waals surface area contributed by atoms with Crippen LogP contribution in [0.25, 0.3) is 0 Å². The van der Waals surface area contributed by atoms with Crippen LogP contribution in [0.3, 0.4) is 0 Å². The fourth-order valence-electron chi connectivity index (χ4n) is 3.69. The Morgan fingerprint density at radius 3 is 2.30 bits per heavy atom. The van der Waals surface area contributed by atoms with E-state index in [4.69, 9.17) is 10.5 Å². The zero-order valence-corrected chi connectivity index (χ0v) is 12.0. The molecule has 2 fully saturated rings. The van der Waals surface area contributed by atoms with Gasteiger partial charge in [-0.1, -0.05) is 0 Å². The molecule has 1 heterocycles. The monoisotopic (exact) mass is 294 g/mol. The molecule has 2 rings (SSSR count). The number of hydrogen-bond acceptors (Lipinski definition) is 3. The molecule has 1 saturated heterocycles. The SMILES string of the molecule is COC1CCN(C2CCC(C(F)(F)F)CC2)C(CN)C1. The van der Waals surface area contributed by atoms with Gasteiger partial charge in [-0.05, 0) is 38.5 Å². The van der Waals surface area contributed by atoms with E-state index in [-0.39, 0.29) is 31.0 Å². The van der Waals surface area contributed by atoms with E-state index in [1.165, 1.54) is 0 Å². The highest BCUT2D eigenvalue weighted by Crippen LogP contribution is 2.39. The Hall–Kier alpha value is -0.330. The molecule has 2 aliphatic rings. The average molecular weight is 294 g/mol. The van der Waals surface area contributed by atoms with Crippen LogP contribution < -0.4 is 5.73 Å². The van der Waals surface area contributed by atoms with Crippen molar-refractivity contribution in [3.63, 3.8) is 0 Å². The molecule has 6 heteroatoms. The highest BCUT2D eigenvalue weighted by molar-refractivity contribution is 4.90. The minimum Gasteiger partial charge on any atom is -0.381 e. The summed E-state index contributed by atoms with van der Waals surface area (Å²) in [4.78, 5) is 2.34. The van der Waals surface area contributed by atoms with Crippen molar-refractivity contribution in [2.24, 2.45) is 11.7 Å². The largest absolute Gasteiger partial charge is 0.391 e. The second-order valence-electron chi connectivity index (χ2n) is 6.06. The van der Waals surface area contributed by atoms with Gasteiger partial charge in [0.1, 0.15) is 0 Å². The minimum absolute atomic E-state index is 0.242. The molecule has 1 aliphatic carbocycles. The highest BCUT2D eigenvalue weighted by atomic mass is 19.4. The summed E-state index contributed by atoms with van der Waals surface area (Å²) in [5.41, 5.74) is 5.84. The summed E-state index contributed by atoms with van der Waals surface area (Å²) in [5.74, 6) is -1.11. The Kier molecular flexibility index (Phi) is 5.31. The smallest absolute Gasteiger partial charge is 0.381 e. The lowest BCUT2D eigenvalue weighted by atomic mass is 9.83. The van der Waals surface area contributed by atoms with Gasteiger partial charge in [0.15, 0.2) is 0 Å². The summed E-state index contributed by atoms with van der Waals surface area (Å²) < 4.78 is 43.5. The number of halogens is 3. The lowest BCUT2D eigenvalue weighted by Gasteiger charge is -2.45. The predicted molar refractivity (Wildman–Crippen MR) is 71.4 cm³/mol. The van der Waals surface area contributed by atoms with Gasteiger partial charge < -0.3 is 10.5 Å². The van der Waals surface area contributed by atoms with E-state index in [1.54, 1.807) is 7.11 Å². The van der Waals surface area contributed by atoms with Gasteiger partial charge in [-0.3, -0.25) is 4.90 Å². The van der Waals surface area contributed by atoms with E-state index in [0.29, 0.717) is 19.4 Å². The highest BCUT2D eigenvalue weighted by Gasteiger charge is 2.43. The number of methoxy groups -OCH3 is 1. The number of likely N-dealkylation sites (tertiary alicyclic amines) is 1. The van der Waals surface area contributed by atoms with Crippen LogP contribution in [0.4, 0.5) is 13.2 Å². The zero-order chi connectivity index (χ0) is 14.8. The van der Waals surface area contributed by atoms with Gasteiger partial charge in [0, 0.05) is 32.3 Å². The van der Waals surface area contributed by atoms with Crippen LogP contribution in [0.1, 0.15) is 38.5 Å². The predicted octanol–water partition coefficient (Wildman–Crippen LogP) is 2.55. The van der Waals surface area contributed by atoms with Gasteiger partial charge in [0.25, 0.3) is 0 Å². The van der Waals surface area contributed by atoms with Gasteiger partial charge >= 0.3 is 6.18 Å². The summed E-state index contributed by atoms with van der Waals surface area (Å²) in [5, 5.41) is 0. The quantitative estimate of drug-likeness (QED) is 0.869. The normalized spacial score (nSPS) is 37.0. The van der Waals surface area contributed by atoms with Crippen molar-refractivity contribution in [1.29, 1.82) is 0 Å². The lowest BCUT2D eigenvalue weighted by Crippen LogP contribution is -2.54. The van der Waals surface area contributed by atoms with Crippen molar-refractivity contribution in [1.82, 2.24) is 4.90 Å². The molecule has 1 aliphatic heterocycles. The van der Waals surface area contributed by atoms with E-state index >= 15 is 0 Å². The molecule has 2 N–H and O–H groups in total. The fraction of sp³-hybridized carbons (Fsp3) is 1.00. The van der Waals surface area contributed by atoms with Crippen LogP contribution in [-0.2, 0) is 4.74 Å². The number of piperidine rings is 1. The lowest BCUT2D eigenvalue weighted by molar-refractivity contribution is -0.185. The molecule has 1 saturated carbocycles. The second kappa shape index (κ2) is 6.62. The van der Waals surface area contributed by atoms with E-state index in [0.717, 1.165) is 19.4 Å². The molecule has 2 unspecified atom stereocenters. The summed E-state index contributed by atoms with van der Waals surface area (Å²) >= 11 is 0. The van der Waals surface area contributed by atoms with Gasteiger partial charge in [-0.2, -0.15) is 13.2 Å². The summed E-state index contributed by atoms with van der Waals surface area (Å²) in [6.07, 6.45) is -0.145. The summed E-state index contributed by atoms with van der Waals surface area (Å²) in [7, 11) is 1.71. The summed E-state index contributed by atoms with van der Waals surface area (Å²) in [6, 6.07) is 0.515. The Morgan fingerprint density at radius 1 is 1.15 bits per heavy atom. The number of ether oxygens (including phenoxy) is 1. The second-order valence-corrected chi connectivity index (χ2v) is 6.06. The van der Waals surface area contributed by atoms with Crippen molar-refractivity contribution < 1.29 is 17.9 Å². The molecule has 0 aromatic carbocycles. The molecular formula is C14H25F3N2O. The van der Waals surface area contributed by atoms with Gasteiger partial charge in [-0.25, -0.2) is 0 Å². The molecular weight excluding hydrogens is 269 g/mol. The topological polar surface area (TPSA) is 38.5 Å². The van der Waals surface area contributed by atoms with Crippen LogP contribution >= 0.6 is 0 Å². The van der Waals surface area contributed by atoms with Crippen LogP contribution in [0.5, 0.6) is 0 Å². The molecule has 0 spiro atoms. The Bertz CT molecular complexity index is 303. The first-order valence-electron chi connectivity index (χ1n) is 7.51. The van der Waals surface area contributed by atoms with Gasteiger partial charge in [0.2, 0.25) is 0 Å². The third kappa shape index (κ3) is 3.65. The maximum absolute atomic E-state index is 12.7. The van der Waals surface area contributed by atoms with E-state index in [2.05, 4.69) is 4.90 Å². The molecule has 0 bridgehead atoms.